The first-order valence-electron chi connectivity index (χ1n) is 5.14. The topological polar surface area (TPSA) is 46.0 Å². The molecular formula is C11H16N2O. The molecule has 1 unspecified atom stereocenters. The lowest BCUT2D eigenvalue weighted by molar-refractivity contribution is 0.0523. The third kappa shape index (κ3) is 1.93. The Labute approximate surface area is 84.2 Å². The zero-order valence-corrected chi connectivity index (χ0v) is 8.48. The quantitative estimate of drug-likeness (QED) is 0.797. The van der Waals surface area contributed by atoms with E-state index in [4.69, 9.17) is 0 Å². The van der Waals surface area contributed by atoms with E-state index < -0.39 is 6.10 Å². The number of hydrogen-bond donors (Lipinski definition) is 1. The van der Waals surface area contributed by atoms with E-state index in [1.807, 2.05) is 0 Å². The van der Waals surface area contributed by atoms with Crippen molar-refractivity contribution in [1.82, 2.24) is 9.97 Å². The van der Waals surface area contributed by atoms with Crippen molar-refractivity contribution in [3.8, 4) is 0 Å². The highest BCUT2D eigenvalue weighted by molar-refractivity contribution is 5.03. The van der Waals surface area contributed by atoms with Crippen molar-refractivity contribution in [1.29, 1.82) is 0 Å². The summed E-state index contributed by atoms with van der Waals surface area (Å²) in [5, 5.41) is 9.93. The van der Waals surface area contributed by atoms with Gasteiger partial charge < -0.3 is 5.11 Å². The summed E-state index contributed by atoms with van der Waals surface area (Å²) >= 11 is 0. The smallest absolute Gasteiger partial charge is 0.115 e. The van der Waals surface area contributed by atoms with E-state index in [-0.39, 0.29) is 0 Å². The fourth-order valence-electron chi connectivity index (χ4n) is 2.05. The number of aliphatic hydroxyl groups is 1. The number of aromatic nitrogens is 2. The molecule has 0 amide bonds. The molecule has 1 fully saturated rings. The summed E-state index contributed by atoms with van der Waals surface area (Å²) < 4.78 is 0. The monoisotopic (exact) mass is 192 g/mol. The molecule has 1 N–H and O–H groups in total. The zero-order valence-electron chi connectivity index (χ0n) is 8.48. The van der Waals surface area contributed by atoms with E-state index in [1.165, 1.54) is 25.6 Å². The van der Waals surface area contributed by atoms with Gasteiger partial charge in [0.15, 0.2) is 0 Å². The molecule has 3 heteroatoms. The molecule has 1 atom stereocenters. The number of nitrogens with zero attached hydrogens (tertiary/aromatic N) is 2. The molecule has 0 spiro atoms. The highest BCUT2D eigenvalue weighted by Crippen LogP contribution is 2.46. The van der Waals surface area contributed by atoms with Gasteiger partial charge in [0.05, 0.1) is 11.8 Å². The zero-order chi connectivity index (χ0) is 10.0. The van der Waals surface area contributed by atoms with Gasteiger partial charge in [0.1, 0.15) is 6.33 Å². The average molecular weight is 192 g/mol. The summed E-state index contributed by atoms with van der Waals surface area (Å²) in [6.07, 6.45) is 7.32. The molecule has 0 bridgehead atoms. The van der Waals surface area contributed by atoms with Crippen molar-refractivity contribution in [3.05, 3.63) is 24.3 Å². The van der Waals surface area contributed by atoms with Crippen LogP contribution in [0.25, 0.3) is 0 Å². The maximum absolute atomic E-state index is 9.93. The Morgan fingerprint density at radius 2 is 2.36 bits per heavy atom. The average Bonchev–Trinajstić information content (AvgIpc) is 2.17. The molecule has 0 aliphatic heterocycles. The molecule has 1 saturated carbocycles. The summed E-state index contributed by atoms with van der Waals surface area (Å²) in [6.45, 7) is 2.24. The summed E-state index contributed by atoms with van der Waals surface area (Å²) in [7, 11) is 0. The second kappa shape index (κ2) is 3.65. The Bertz CT molecular complexity index is 295. The second-order valence-corrected chi connectivity index (χ2v) is 4.52. The first-order valence-corrected chi connectivity index (χ1v) is 5.14. The lowest BCUT2D eigenvalue weighted by Gasteiger charge is -2.39. The van der Waals surface area contributed by atoms with E-state index in [0.29, 0.717) is 5.41 Å². The third-order valence-electron chi connectivity index (χ3n) is 3.19. The van der Waals surface area contributed by atoms with Gasteiger partial charge in [-0.05, 0) is 30.7 Å². The summed E-state index contributed by atoms with van der Waals surface area (Å²) in [4.78, 5) is 7.90. The van der Waals surface area contributed by atoms with Crippen LogP contribution < -0.4 is 0 Å². The molecular weight excluding hydrogens is 176 g/mol. The Hall–Kier alpha value is -0.960. The van der Waals surface area contributed by atoms with Crippen LogP contribution in [-0.2, 0) is 0 Å². The van der Waals surface area contributed by atoms with E-state index in [1.54, 1.807) is 12.3 Å². The number of rotatable bonds is 3. The fourth-order valence-corrected chi connectivity index (χ4v) is 2.05. The van der Waals surface area contributed by atoms with E-state index in [2.05, 4.69) is 16.9 Å². The molecule has 1 heterocycles. The van der Waals surface area contributed by atoms with Crippen molar-refractivity contribution in [2.45, 2.75) is 38.7 Å². The van der Waals surface area contributed by atoms with Crippen LogP contribution in [-0.4, -0.2) is 15.1 Å². The Balaban J connectivity index is 1.99. The first-order chi connectivity index (χ1) is 6.70. The van der Waals surface area contributed by atoms with Crippen LogP contribution >= 0.6 is 0 Å². The molecule has 1 aromatic heterocycles. The van der Waals surface area contributed by atoms with Crippen LogP contribution in [0.1, 0.15) is 44.4 Å². The summed E-state index contributed by atoms with van der Waals surface area (Å²) in [5.41, 5.74) is 1.08. The number of hydrogen-bond acceptors (Lipinski definition) is 3. The summed E-state index contributed by atoms with van der Waals surface area (Å²) in [6, 6.07) is 1.78. The molecule has 0 aromatic carbocycles. The van der Waals surface area contributed by atoms with Crippen molar-refractivity contribution >= 4 is 0 Å². The summed E-state index contributed by atoms with van der Waals surface area (Å²) in [5.74, 6) is 0. The highest BCUT2D eigenvalue weighted by Gasteiger charge is 2.34. The lowest BCUT2D eigenvalue weighted by Crippen LogP contribution is -2.27. The largest absolute Gasteiger partial charge is 0.387 e. The third-order valence-corrected chi connectivity index (χ3v) is 3.19. The van der Waals surface area contributed by atoms with Crippen molar-refractivity contribution in [3.63, 3.8) is 0 Å². The van der Waals surface area contributed by atoms with E-state index >= 15 is 0 Å². The normalized spacial score (nSPS) is 21.3. The minimum Gasteiger partial charge on any atom is -0.387 e. The maximum Gasteiger partial charge on any atom is 0.115 e. The van der Waals surface area contributed by atoms with Crippen LogP contribution in [0.15, 0.2) is 18.6 Å². The van der Waals surface area contributed by atoms with Crippen molar-refractivity contribution < 1.29 is 5.11 Å². The van der Waals surface area contributed by atoms with Gasteiger partial charge in [0.2, 0.25) is 0 Å². The molecule has 1 aliphatic carbocycles. The first kappa shape index (κ1) is 9.59. The predicted molar refractivity (Wildman–Crippen MR) is 53.6 cm³/mol. The van der Waals surface area contributed by atoms with Crippen LogP contribution in [0.3, 0.4) is 0 Å². The van der Waals surface area contributed by atoms with Crippen LogP contribution in [0.2, 0.25) is 0 Å². The standard InChI is InChI=1S/C11H16N2O/c1-11(4-2-5-11)7-10(14)9-3-6-12-8-13-9/h3,6,8,10,14H,2,4-5,7H2,1H3. The maximum atomic E-state index is 9.93. The molecule has 0 saturated heterocycles. The molecule has 1 aliphatic rings. The van der Waals surface area contributed by atoms with Gasteiger partial charge in [0.25, 0.3) is 0 Å². The second-order valence-electron chi connectivity index (χ2n) is 4.52. The van der Waals surface area contributed by atoms with Gasteiger partial charge in [-0.3, -0.25) is 0 Å². The van der Waals surface area contributed by atoms with E-state index in [0.717, 1.165) is 12.1 Å². The minimum atomic E-state index is -0.428. The lowest BCUT2D eigenvalue weighted by atomic mass is 9.67. The molecule has 3 nitrogen and oxygen atoms in total. The van der Waals surface area contributed by atoms with Gasteiger partial charge in [-0.1, -0.05) is 13.3 Å². The number of aliphatic hydroxyl groups excluding tert-OH is 1. The fraction of sp³-hybridized carbons (Fsp3) is 0.636. The van der Waals surface area contributed by atoms with Crippen LogP contribution in [0.4, 0.5) is 0 Å². The molecule has 1 aromatic rings. The molecule has 0 radical (unpaired) electrons. The predicted octanol–water partition coefficient (Wildman–Crippen LogP) is 2.09. The Kier molecular flexibility index (Phi) is 2.50. The van der Waals surface area contributed by atoms with Gasteiger partial charge >= 0.3 is 0 Å². The SMILES string of the molecule is CC1(CC(O)c2ccncn2)CCC1. The van der Waals surface area contributed by atoms with Gasteiger partial charge in [-0.2, -0.15) is 0 Å². The van der Waals surface area contributed by atoms with Crippen LogP contribution in [0.5, 0.6) is 0 Å². The molecule has 76 valence electrons. The van der Waals surface area contributed by atoms with Gasteiger partial charge in [-0.25, -0.2) is 9.97 Å². The van der Waals surface area contributed by atoms with Gasteiger partial charge in [-0.15, -0.1) is 0 Å². The van der Waals surface area contributed by atoms with E-state index in [9.17, 15) is 5.11 Å². The molecule has 14 heavy (non-hydrogen) atoms. The van der Waals surface area contributed by atoms with Crippen molar-refractivity contribution in [2.75, 3.05) is 0 Å². The van der Waals surface area contributed by atoms with Gasteiger partial charge in [0, 0.05) is 6.20 Å². The van der Waals surface area contributed by atoms with Crippen LogP contribution in [0, 0.1) is 5.41 Å². The highest BCUT2D eigenvalue weighted by atomic mass is 16.3. The molecule has 2 rings (SSSR count). The minimum absolute atomic E-state index is 0.338. The Morgan fingerprint density at radius 1 is 1.57 bits per heavy atom. The van der Waals surface area contributed by atoms with Crippen molar-refractivity contribution in [2.24, 2.45) is 5.41 Å². The Morgan fingerprint density at radius 3 is 2.86 bits per heavy atom.